The number of hydrogen-bond acceptors (Lipinski definition) is 7. The molecule has 7 nitrogen and oxygen atoms in total. The summed E-state index contributed by atoms with van der Waals surface area (Å²) in [5.41, 5.74) is 0.472. The minimum atomic E-state index is -1.41. The summed E-state index contributed by atoms with van der Waals surface area (Å²) in [6, 6.07) is 6.48. The van der Waals surface area contributed by atoms with Crippen LogP contribution in [0.15, 0.2) is 24.3 Å². The third-order valence-corrected chi connectivity index (χ3v) is 4.30. The molecule has 1 unspecified atom stereocenters. The topological polar surface area (TPSA) is 96.0 Å². The maximum absolute atomic E-state index is 12.5. The molecule has 1 saturated heterocycles. The fourth-order valence-electron chi connectivity index (χ4n) is 3.22. The Kier molecular flexibility index (Phi) is 5.49. The molecule has 1 aliphatic rings. The van der Waals surface area contributed by atoms with Crippen LogP contribution in [0.1, 0.15) is 39.2 Å². The second kappa shape index (κ2) is 7.27. The molecule has 0 saturated carbocycles. The molecule has 26 heavy (non-hydrogen) atoms. The van der Waals surface area contributed by atoms with Crippen molar-refractivity contribution in [3.05, 3.63) is 29.8 Å². The Morgan fingerprint density at radius 3 is 1.85 bits per heavy atom. The predicted octanol–water partition coefficient (Wildman–Crippen LogP) is 2.03. The number of carbonyl (C=O) groups excluding carboxylic acids is 4. The highest BCUT2D eigenvalue weighted by Crippen LogP contribution is 2.39. The molecule has 0 spiro atoms. The summed E-state index contributed by atoms with van der Waals surface area (Å²) in [7, 11) is 1.50. The van der Waals surface area contributed by atoms with E-state index in [1.165, 1.54) is 34.8 Å². The number of methoxy groups -OCH3 is 1. The van der Waals surface area contributed by atoms with E-state index < -0.39 is 47.0 Å². The minimum absolute atomic E-state index is 0.441. The van der Waals surface area contributed by atoms with E-state index in [1.54, 1.807) is 24.3 Å². The van der Waals surface area contributed by atoms with Crippen molar-refractivity contribution in [1.29, 1.82) is 0 Å². The van der Waals surface area contributed by atoms with E-state index in [0.717, 1.165) is 0 Å². The predicted molar refractivity (Wildman–Crippen MR) is 90.3 cm³/mol. The first-order valence-corrected chi connectivity index (χ1v) is 8.18. The first-order valence-electron chi connectivity index (χ1n) is 8.18. The molecule has 0 aromatic heterocycles. The SMILES string of the molecule is COc1ccc(C(C(C(C)=O)C(C)=O)C2C(=O)OC(C)(C)OC2=O)cc1. The van der Waals surface area contributed by atoms with E-state index in [9.17, 15) is 19.2 Å². The van der Waals surface area contributed by atoms with Crippen molar-refractivity contribution in [3.8, 4) is 5.75 Å². The molecule has 1 aromatic rings. The van der Waals surface area contributed by atoms with Gasteiger partial charge >= 0.3 is 11.9 Å². The molecule has 0 amide bonds. The van der Waals surface area contributed by atoms with E-state index in [2.05, 4.69) is 0 Å². The van der Waals surface area contributed by atoms with Crippen LogP contribution < -0.4 is 4.74 Å². The standard InChI is InChI=1S/C19H22O7/c1-10(20)14(11(2)21)15(12-6-8-13(24-5)9-7-12)16-17(22)25-19(3,4)26-18(16)23/h6-9,14-16H,1-5H3. The maximum Gasteiger partial charge on any atom is 0.324 e. The highest BCUT2D eigenvalue weighted by atomic mass is 16.7. The molecule has 1 aliphatic heterocycles. The summed E-state index contributed by atoms with van der Waals surface area (Å²) in [6.45, 7) is 5.39. The Morgan fingerprint density at radius 2 is 1.46 bits per heavy atom. The molecular weight excluding hydrogens is 340 g/mol. The summed E-state index contributed by atoms with van der Waals surface area (Å²) < 4.78 is 15.5. The molecule has 1 heterocycles. The van der Waals surface area contributed by atoms with Crippen LogP contribution >= 0.6 is 0 Å². The number of ether oxygens (including phenoxy) is 3. The van der Waals surface area contributed by atoms with Gasteiger partial charge in [-0.05, 0) is 31.5 Å². The smallest absolute Gasteiger partial charge is 0.324 e. The number of benzene rings is 1. The second-order valence-corrected chi connectivity index (χ2v) is 6.72. The van der Waals surface area contributed by atoms with Gasteiger partial charge in [-0.2, -0.15) is 0 Å². The van der Waals surface area contributed by atoms with Gasteiger partial charge in [0.2, 0.25) is 0 Å². The Morgan fingerprint density at radius 1 is 1.00 bits per heavy atom. The Hall–Kier alpha value is -2.70. The van der Waals surface area contributed by atoms with Crippen LogP contribution in [0.4, 0.5) is 0 Å². The Balaban J connectivity index is 2.56. The number of carbonyl (C=O) groups is 4. The van der Waals surface area contributed by atoms with E-state index in [1.807, 2.05) is 0 Å². The molecule has 0 N–H and O–H groups in total. The molecule has 2 rings (SSSR count). The Bertz CT molecular complexity index is 699. The van der Waals surface area contributed by atoms with Crippen LogP contribution in [-0.4, -0.2) is 36.4 Å². The van der Waals surface area contributed by atoms with Gasteiger partial charge in [0.05, 0.1) is 13.0 Å². The quantitative estimate of drug-likeness (QED) is 0.564. The van der Waals surface area contributed by atoms with Crippen LogP contribution in [0.5, 0.6) is 5.75 Å². The van der Waals surface area contributed by atoms with Gasteiger partial charge in [-0.25, -0.2) is 0 Å². The summed E-state index contributed by atoms with van der Waals surface area (Å²) >= 11 is 0. The average molecular weight is 362 g/mol. The molecule has 7 heteroatoms. The number of cyclic esters (lactones) is 2. The molecule has 1 atom stereocenters. The van der Waals surface area contributed by atoms with Gasteiger partial charge in [-0.3, -0.25) is 19.2 Å². The fourth-order valence-corrected chi connectivity index (χ4v) is 3.22. The summed E-state index contributed by atoms with van der Waals surface area (Å²) in [5.74, 6) is -6.95. The number of esters is 2. The van der Waals surface area contributed by atoms with Gasteiger partial charge in [-0.1, -0.05) is 12.1 Å². The van der Waals surface area contributed by atoms with Crippen LogP contribution in [-0.2, 0) is 28.7 Å². The monoisotopic (exact) mass is 362 g/mol. The molecule has 0 bridgehead atoms. The summed E-state index contributed by atoms with van der Waals surface area (Å²) in [4.78, 5) is 49.4. The first kappa shape index (κ1) is 19.6. The number of hydrogen-bond donors (Lipinski definition) is 0. The third kappa shape index (κ3) is 3.92. The molecular formula is C19H22O7. The van der Waals surface area contributed by atoms with Crippen molar-refractivity contribution in [2.24, 2.45) is 11.8 Å². The zero-order chi connectivity index (χ0) is 19.6. The first-order chi connectivity index (χ1) is 12.1. The van der Waals surface area contributed by atoms with E-state index in [4.69, 9.17) is 14.2 Å². The van der Waals surface area contributed by atoms with E-state index >= 15 is 0 Å². The van der Waals surface area contributed by atoms with Crippen LogP contribution in [0.25, 0.3) is 0 Å². The van der Waals surface area contributed by atoms with Crippen LogP contribution in [0, 0.1) is 11.8 Å². The molecule has 0 aliphatic carbocycles. The average Bonchev–Trinajstić information content (AvgIpc) is 2.51. The van der Waals surface area contributed by atoms with E-state index in [0.29, 0.717) is 11.3 Å². The lowest BCUT2D eigenvalue weighted by Gasteiger charge is -2.37. The van der Waals surface area contributed by atoms with E-state index in [-0.39, 0.29) is 0 Å². The summed E-state index contributed by atoms with van der Waals surface area (Å²) in [6.07, 6.45) is 0. The van der Waals surface area contributed by atoms with Gasteiger partial charge < -0.3 is 14.2 Å². The van der Waals surface area contributed by atoms with Gasteiger partial charge in [-0.15, -0.1) is 0 Å². The molecule has 0 radical (unpaired) electrons. The highest BCUT2D eigenvalue weighted by molar-refractivity contribution is 6.05. The zero-order valence-electron chi connectivity index (χ0n) is 15.4. The lowest BCUT2D eigenvalue weighted by Crippen LogP contribution is -2.50. The van der Waals surface area contributed by atoms with Crippen molar-refractivity contribution in [1.82, 2.24) is 0 Å². The summed E-state index contributed by atoms with van der Waals surface area (Å²) in [5, 5.41) is 0. The van der Waals surface area contributed by atoms with Crippen molar-refractivity contribution in [3.63, 3.8) is 0 Å². The number of Topliss-reactive ketones (excluding diaryl/α,β-unsaturated/α-hetero) is 2. The number of ketones is 2. The van der Waals surface area contributed by atoms with Crippen molar-refractivity contribution in [2.45, 2.75) is 39.4 Å². The number of rotatable bonds is 6. The van der Waals surface area contributed by atoms with Crippen molar-refractivity contribution < 1.29 is 33.4 Å². The maximum atomic E-state index is 12.5. The highest BCUT2D eigenvalue weighted by Gasteiger charge is 2.51. The van der Waals surface area contributed by atoms with Gasteiger partial charge in [0.15, 0.2) is 5.92 Å². The van der Waals surface area contributed by atoms with Gasteiger partial charge in [0, 0.05) is 19.8 Å². The largest absolute Gasteiger partial charge is 0.497 e. The van der Waals surface area contributed by atoms with Crippen molar-refractivity contribution >= 4 is 23.5 Å². The lowest BCUT2D eigenvalue weighted by molar-refractivity contribution is -0.241. The molecule has 1 aromatic carbocycles. The Labute approximate surface area is 151 Å². The van der Waals surface area contributed by atoms with Gasteiger partial charge in [0.1, 0.15) is 17.3 Å². The second-order valence-electron chi connectivity index (χ2n) is 6.72. The van der Waals surface area contributed by atoms with Crippen LogP contribution in [0.3, 0.4) is 0 Å². The third-order valence-electron chi connectivity index (χ3n) is 4.30. The van der Waals surface area contributed by atoms with Gasteiger partial charge in [0.25, 0.3) is 5.79 Å². The van der Waals surface area contributed by atoms with Crippen molar-refractivity contribution in [2.75, 3.05) is 7.11 Å². The van der Waals surface area contributed by atoms with Crippen LogP contribution in [0.2, 0.25) is 0 Å². The molecule has 140 valence electrons. The zero-order valence-corrected chi connectivity index (χ0v) is 15.4. The minimum Gasteiger partial charge on any atom is -0.497 e. The fraction of sp³-hybridized carbons (Fsp3) is 0.474. The lowest BCUT2D eigenvalue weighted by atomic mass is 9.73. The molecule has 1 fully saturated rings. The normalized spacial score (nSPS) is 18.1.